The average Bonchev–Trinajstić information content (AvgIpc) is 3.92. The predicted octanol–water partition coefficient (Wildman–Crippen LogP) is 7.29. The minimum Gasteiger partial charge on any atom is -0.458 e. The first kappa shape index (κ1) is 59.6. The van der Waals surface area contributed by atoms with Crippen molar-refractivity contribution >= 4 is 58.3 Å². The molecule has 72 heavy (non-hydrogen) atoms. The molecule has 0 bridgehead atoms. The van der Waals surface area contributed by atoms with Crippen LogP contribution in [0.4, 0.5) is 0 Å². The third-order valence-electron chi connectivity index (χ3n) is 16.0. The molecular formula is C54H83N3O13S2. The largest absolute Gasteiger partial charge is 0.458 e. The Hall–Kier alpha value is -3.30. The maximum absolute atomic E-state index is 13.2. The van der Waals surface area contributed by atoms with E-state index in [0.29, 0.717) is 30.1 Å². The van der Waals surface area contributed by atoms with Crippen LogP contribution >= 0.6 is 22.7 Å². The van der Waals surface area contributed by atoms with Crippen LogP contribution in [0.3, 0.4) is 0 Å². The van der Waals surface area contributed by atoms with E-state index in [0.717, 1.165) is 60.4 Å². The number of ketones is 2. The van der Waals surface area contributed by atoms with Gasteiger partial charge in [-0.25, -0.2) is 9.97 Å². The van der Waals surface area contributed by atoms with Crippen molar-refractivity contribution in [2.45, 2.75) is 220 Å². The Morgan fingerprint density at radius 2 is 1.04 bits per heavy atom. The van der Waals surface area contributed by atoms with Crippen LogP contribution in [-0.2, 0) is 51.3 Å². The molecule has 4 fully saturated rings. The molecule has 0 aliphatic carbocycles. The Balaban J connectivity index is 0.000000267. The summed E-state index contributed by atoms with van der Waals surface area (Å²) in [6.45, 7) is 21.8. The summed E-state index contributed by atoms with van der Waals surface area (Å²) in [6, 6.07) is 0. The topological polar surface area (TPSA) is 265 Å². The van der Waals surface area contributed by atoms with E-state index in [1.54, 1.807) is 41.5 Å². The number of thiazole rings is 2. The molecular weight excluding hydrogens is 963 g/mol. The zero-order valence-electron chi connectivity index (χ0n) is 44.5. The number of hydrogen-bond donors (Lipinski definition) is 6. The number of fused-ring (bicyclic) bond motifs is 2. The Kier molecular flexibility index (Phi) is 20.3. The Morgan fingerprint density at radius 1 is 0.667 bits per heavy atom. The lowest BCUT2D eigenvalue weighted by Crippen LogP contribution is -2.45. The molecule has 6 heterocycles. The molecule has 0 spiro atoms. The highest BCUT2D eigenvalue weighted by Gasteiger charge is 2.54. The number of Topliss-reactive ketones (excluding diaryl/α,β-unsaturated/α-hetero) is 2. The van der Waals surface area contributed by atoms with Crippen LogP contribution in [0.5, 0.6) is 0 Å². The summed E-state index contributed by atoms with van der Waals surface area (Å²) >= 11 is 2.83. The van der Waals surface area contributed by atoms with Crippen LogP contribution in [0.2, 0.25) is 0 Å². The number of hydrogen-bond acceptors (Lipinski definition) is 18. The summed E-state index contributed by atoms with van der Waals surface area (Å²) in [7, 11) is 0. The van der Waals surface area contributed by atoms with Crippen LogP contribution in [-0.4, -0.2) is 119 Å². The minimum atomic E-state index is -1.26. The van der Waals surface area contributed by atoms with Crippen molar-refractivity contribution in [2.24, 2.45) is 40.2 Å². The molecule has 2 aromatic heterocycles. The van der Waals surface area contributed by atoms with E-state index >= 15 is 0 Å². The molecule has 2 aromatic rings. The molecule has 7 N–H and O–H groups in total. The van der Waals surface area contributed by atoms with E-state index in [2.05, 4.69) is 16.9 Å². The molecule has 404 valence electrons. The Morgan fingerprint density at radius 3 is 1.39 bits per heavy atom. The molecule has 18 heteroatoms. The first-order chi connectivity index (χ1) is 33.6. The second kappa shape index (κ2) is 24.6. The van der Waals surface area contributed by atoms with Gasteiger partial charge in [-0.3, -0.25) is 19.2 Å². The molecule has 0 aromatic carbocycles. The van der Waals surface area contributed by atoms with E-state index in [1.807, 2.05) is 57.5 Å². The third kappa shape index (κ3) is 15.0. The third-order valence-corrected chi connectivity index (χ3v) is 17.8. The van der Waals surface area contributed by atoms with E-state index in [9.17, 15) is 44.7 Å². The van der Waals surface area contributed by atoms with Gasteiger partial charge < -0.3 is 50.2 Å². The normalized spacial score (nSPS) is 36.8. The molecule has 4 aliphatic rings. The van der Waals surface area contributed by atoms with Crippen LogP contribution in [0.15, 0.2) is 21.9 Å². The summed E-state index contributed by atoms with van der Waals surface area (Å²) in [5, 5.41) is 57.9. The van der Waals surface area contributed by atoms with E-state index in [4.69, 9.17) is 24.7 Å². The summed E-state index contributed by atoms with van der Waals surface area (Å²) in [5.41, 5.74) is 5.64. The van der Waals surface area contributed by atoms with Crippen molar-refractivity contribution in [1.29, 1.82) is 0 Å². The van der Waals surface area contributed by atoms with Gasteiger partial charge in [-0.05, 0) is 88.5 Å². The fourth-order valence-corrected chi connectivity index (χ4v) is 11.4. The second-order valence-electron chi connectivity index (χ2n) is 22.6. The molecule has 0 saturated carbocycles. The first-order valence-corrected chi connectivity index (χ1v) is 27.4. The number of aliphatic hydroxyl groups is 5. The van der Waals surface area contributed by atoms with Gasteiger partial charge in [0.05, 0.1) is 89.5 Å². The number of carbonyl (C=O) groups is 4. The highest BCUT2D eigenvalue weighted by atomic mass is 32.1. The van der Waals surface area contributed by atoms with Crippen molar-refractivity contribution in [3.8, 4) is 0 Å². The summed E-state index contributed by atoms with van der Waals surface area (Å²) in [4.78, 5) is 61.2. The van der Waals surface area contributed by atoms with Crippen LogP contribution < -0.4 is 5.73 Å². The van der Waals surface area contributed by atoms with Crippen molar-refractivity contribution < 1.29 is 63.7 Å². The number of nitrogens with zero attached hydrogens (tertiary/aromatic N) is 2. The monoisotopic (exact) mass is 1050 g/mol. The number of ether oxygens (including phenoxy) is 4. The molecule has 14 atom stereocenters. The highest BCUT2D eigenvalue weighted by Crippen LogP contribution is 2.47. The first-order valence-electron chi connectivity index (χ1n) is 25.7. The van der Waals surface area contributed by atoms with Gasteiger partial charge in [0, 0.05) is 42.0 Å². The number of epoxide rings is 2. The Bertz CT molecular complexity index is 2100. The van der Waals surface area contributed by atoms with Gasteiger partial charge >= 0.3 is 11.9 Å². The summed E-state index contributed by atoms with van der Waals surface area (Å²) < 4.78 is 23.8. The van der Waals surface area contributed by atoms with Crippen LogP contribution in [0, 0.1) is 34.5 Å². The number of carbonyl (C=O) groups excluding carboxylic acids is 4. The highest BCUT2D eigenvalue weighted by molar-refractivity contribution is 7.10. The van der Waals surface area contributed by atoms with Crippen molar-refractivity contribution in [3.05, 3.63) is 43.3 Å². The van der Waals surface area contributed by atoms with Gasteiger partial charge in [0.15, 0.2) is 0 Å². The summed E-state index contributed by atoms with van der Waals surface area (Å²) in [5.74, 6) is -3.23. The summed E-state index contributed by atoms with van der Waals surface area (Å²) in [6.07, 6.45) is 3.40. The van der Waals surface area contributed by atoms with Gasteiger partial charge in [0.2, 0.25) is 0 Å². The van der Waals surface area contributed by atoms with Crippen LogP contribution in [0.1, 0.15) is 169 Å². The molecule has 0 amide bonds. The zero-order chi connectivity index (χ0) is 53.7. The number of nitrogens with two attached hydrogens (primary N) is 1. The second-order valence-corrected chi connectivity index (χ2v) is 24.5. The minimum absolute atomic E-state index is 0.0660. The van der Waals surface area contributed by atoms with Crippen LogP contribution in [0.25, 0.3) is 12.2 Å². The quantitative estimate of drug-likeness (QED) is 0.123. The lowest BCUT2D eigenvalue weighted by molar-refractivity contribution is -0.156. The van der Waals surface area contributed by atoms with E-state index < -0.39 is 71.2 Å². The molecule has 0 radical (unpaired) electrons. The van der Waals surface area contributed by atoms with Crippen molar-refractivity contribution in [2.75, 3.05) is 0 Å². The fraction of sp³-hybridized carbons (Fsp3) is 0.741. The van der Waals surface area contributed by atoms with Crippen molar-refractivity contribution in [1.82, 2.24) is 9.97 Å². The van der Waals surface area contributed by atoms with Gasteiger partial charge in [0.25, 0.3) is 0 Å². The molecule has 4 unspecified atom stereocenters. The zero-order valence-corrected chi connectivity index (χ0v) is 46.1. The van der Waals surface area contributed by atoms with Gasteiger partial charge in [0.1, 0.15) is 33.8 Å². The number of aromatic nitrogens is 2. The van der Waals surface area contributed by atoms with Gasteiger partial charge in [-0.1, -0.05) is 68.2 Å². The number of rotatable bonds is 6. The molecule has 4 aliphatic heterocycles. The molecule has 16 nitrogen and oxygen atoms in total. The number of cyclic esters (lactones) is 2. The number of esters is 2. The van der Waals surface area contributed by atoms with Gasteiger partial charge in [-0.15, -0.1) is 22.7 Å². The standard InChI is InChI=1S/C27H42N2O6S.C27H41NO7S/c1-15-8-7-9-27(6)21(35-27)11-19(16(2)10-18-14-36-22(13-28)29-18)34-23(31)12-20(30)26(4,5)25(33)17(3)24(15)32;1-15-8-7-9-27(6)21(35-27)11-19(16(2)10-18-14-36-22(13-29)28-18)34-23(31)12-20(30)26(4,5)25(33)17(3)24(15)32/h10,14-15,17,19-21,24,30,32H,7-9,11-13,28H2,1-6H3;10,14-15,17,19-21,24,29-30,32H,7-9,11-13H2,1-6H3/b2*16-10+/t2*15?,17-,19?,20+,21+,24+,27-/m11/s1. The lowest BCUT2D eigenvalue weighted by atomic mass is 9.73. The predicted molar refractivity (Wildman–Crippen MR) is 276 cm³/mol. The SMILES string of the molecule is C/C(=C\c1csc(CN)n1)C1C[C@@H]2O[C@]2(C)CCCC(C)[C@H](O)[C@@H](C)C(=O)C(C)(C)[C@@H](O)CC(=O)O1.C/C(=C\c1csc(CO)n1)C1C[C@@H]2O[C@]2(C)CCCC(C)[C@H](O)[C@@H](C)C(=O)C(C)(C)[C@@H](O)CC(=O)O1. The smallest absolute Gasteiger partial charge is 0.309 e. The fourth-order valence-electron chi connectivity index (χ4n) is 10.2. The average molecular weight is 1050 g/mol. The Labute approximate surface area is 434 Å². The van der Waals surface area contributed by atoms with Gasteiger partial charge in [-0.2, -0.15) is 0 Å². The maximum Gasteiger partial charge on any atom is 0.309 e. The number of aliphatic hydroxyl groups excluding tert-OH is 5. The maximum atomic E-state index is 13.2. The molecule has 4 saturated heterocycles. The van der Waals surface area contributed by atoms with Crippen molar-refractivity contribution in [3.63, 3.8) is 0 Å². The van der Waals surface area contributed by atoms with E-state index in [-0.39, 0.29) is 66.3 Å². The lowest BCUT2D eigenvalue weighted by Gasteiger charge is -2.34. The van der Waals surface area contributed by atoms with E-state index in [1.165, 1.54) is 22.7 Å². The molecule has 6 rings (SSSR count).